The van der Waals surface area contributed by atoms with Gasteiger partial charge in [-0.1, -0.05) is 13.8 Å². The zero-order chi connectivity index (χ0) is 14.6. The lowest BCUT2D eigenvalue weighted by Crippen LogP contribution is -2.35. The molecule has 1 aromatic carbocycles. The summed E-state index contributed by atoms with van der Waals surface area (Å²) < 4.78 is 5.46. The van der Waals surface area contributed by atoms with Crippen LogP contribution in [0.4, 0.5) is 11.4 Å². The van der Waals surface area contributed by atoms with Gasteiger partial charge in [-0.15, -0.1) is 0 Å². The molecule has 0 aliphatic rings. The number of halogens is 1. The minimum Gasteiger partial charge on any atom is -0.467 e. The lowest BCUT2D eigenvalue weighted by Gasteiger charge is -2.20. The number of nitro benzene ring substituents is 1. The first-order valence-electron chi connectivity index (χ1n) is 5.65. The summed E-state index contributed by atoms with van der Waals surface area (Å²) in [5, 5.41) is 13.9. The van der Waals surface area contributed by atoms with Crippen molar-refractivity contribution in [1.82, 2.24) is 0 Å². The number of nitro groups is 1. The normalized spacial score (nSPS) is 12.1. The average molecular weight is 378 g/mol. The molecule has 0 fully saturated rings. The summed E-state index contributed by atoms with van der Waals surface area (Å²) in [5.41, 5.74) is 0.260. The molecule has 104 valence electrons. The van der Waals surface area contributed by atoms with Crippen LogP contribution < -0.4 is 5.32 Å². The van der Waals surface area contributed by atoms with Gasteiger partial charge in [-0.05, 0) is 40.6 Å². The van der Waals surface area contributed by atoms with Crippen LogP contribution >= 0.6 is 22.6 Å². The first kappa shape index (κ1) is 15.7. The Kier molecular flexibility index (Phi) is 5.52. The van der Waals surface area contributed by atoms with Gasteiger partial charge in [0, 0.05) is 9.64 Å². The minimum atomic E-state index is -0.622. The van der Waals surface area contributed by atoms with E-state index in [4.69, 9.17) is 4.74 Å². The van der Waals surface area contributed by atoms with Crippen LogP contribution in [0, 0.1) is 19.6 Å². The van der Waals surface area contributed by atoms with Crippen molar-refractivity contribution in [2.75, 3.05) is 12.4 Å². The fourth-order valence-electron chi connectivity index (χ4n) is 1.57. The van der Waals surface area contributed by atoms with Crippen molar-refractivity contribution in [3.63, 3.8) is 0 Å². The van der Waals surface area contributed by atoms with Crippen LogP contribution in [0.3, 0.4) is 0 Å². The predicted octanol–water partition coefficient (Wildman–Crippen LogP) is 2.81. The highest BCUT2D eigenvalue weighted by Crippen LogP contribution is 2.28. The molecule has 0 spiro atoms. The Bertz CT molecular complexity index is 491. The maximum Gasteiger partial charge on any atom is 0.328 e. The number of carbonyl (C=O) groups is 1. The van der Waals surface area contributed by atoms with E-state index in [1.807, 2.05) is 36.4 Å². The molecule has 7 heteroatoms. The van der Waals surface area contributed by atoms with Crippen molar-refractivity contribution < 1.29 is 14.5 Å². The first-order valence-corrected chi connectivity index (χ1v) is 6.73. The lowest BCUT2D eigenvalue weighted by atomic mass is 10.0. The minimum absolute atomic E-state index is 0.0497. The molecule has 0 bridgehead atoms. The molecule has 1 aromatic rings. The van der Waals surface area contributed by atoms with Gasteiger partial charge in [0.2, 0.25) is 0 Å². The van der Waals surface area contributed by atoms with Crippen molar-refractivity contribution in [2.24, 2.45) is 5.92 Å². The van der Waals surface area contributed by atoms with Gasteiger partial charge in [0.1, 0.15) is 11.7 Å². The number of methoxy groups -OCH3 is 1. The highest BCUT2D eigenvalue weighted by atomic mass is 127. The Balaban J connectivity index is 3.09. The quantitative estimate of drug-likeness (QED) is 0.369. The second kappa shape index (κ2) is 6.69. The molecule has 0 saturated carbocycles. The van der Waals surface area contributed by atoms with E-state index < -0.39 is 16.9 Å². The molecule has 1 N–H and O–H groups in total. The van der Waals surface area contributed by atoms with Gasteiger partial charge in [-0.25, -0.2) is 4.79 Å². The molecule has 0 heterocycles. The Morgan fingerprint density at radius 1 is 1.47 bits per heavy atom. The van der Waals surface area contributed by atoms with Crippen molar-refractivity contribution in [1.29, 1.82) is 0 Å². The maximum absolute atomic E-state index is 11.6. The van der Waals surface area contributed by atoms with Crippen LogP contribution in [0.25, 0.3) is 0 Å². The molecule has 0 aliphatic carbocycles. The number of hydrogen-bond acceptors (Lipinski definition) is 5. The monoisotopic (exact) mass is 378 g/mol. The second-order valence-electron chi connectivity index (χ2n) is 4.31. The summed E-state index contributed by atoms with van der Waals surface area (Å²) in [7, 11) is 1.29. The molecule has 1 unspecified atom stereocenters. The molecular weight excluding hydrogens is 363 g/mol. The van der Waals surface area contributed by atoms with Crippen molar-refractivity contribution in [2.45, 2.75) is 19.9 Å². The summed E-state index contributed by atoms with van der Waals surface area (Å²) >= 11 is 2.00. The number of nitrogens with zero attached hydrogens (tertiary/aromatic N) is 1. The van der Waals surface area contributed by atoms with Crippen molar-refractivity contribution in [3.05, 3.63) is 31.9 Å². The van der Waals surface area contributed by atoms with Crippen molar-refractivity contribution >= 4 is 39.9 Å². The number of rotatable bonds is 5. The molecule has 0 aliphatic heterocycles. The predicted molar refractivity (Wildman–Crippen MR) is 80.1 cm³/mol. The smallest absolute Gasteiger partial charge is 0.328 e. The van der Waals surface area contributed by atoms with Gasteiger partial charge in [-0.2, -0.15) is 0 Å². The Morgan fingerprint density at radius 3 is 2.58 bits per heavy atom. The number of carbonyl (C=O) groups excluding carboxylic acids is 1. The Hall–Kier alpha value is -1.38. The SMILES string of the molecule is COC(=O)C(Nc1ccc(I)cc1[N+](=O)[O-])C(C)C. The van der Waals surface area contributed by atoms with E-state index in [2.05, 4.69) is 5.32 Å². The van der Waals surface area contributed by atoms with E-state index in [0.717, 1.165) is 3.57 Å². The number of nitrogens with one attached hydrogen (secondary N) is 1. The Morgan fingerprint density at radius 2 is 2.11 bits per heavy atom. The van der Waals surface area contributed by atoms with E-state index >= 15 is 0 Å². The number of hydrogen-bond donors (Lipinski definition) is 1. The van der Waals surface area contributed by atoms with E-state index in [9.17, 15) is 14.9 Å². The molecule has 0 radical (unpaired) electrons. The second-order valence-corrected chi connectivity index (χ2v) is 5.55. The van der Waals surface area contributed by atoms with Gasteiger partial charge < -0.3 is 10.1 Å². The van der Waals surface area contributed by atoms with E-state index in [0.29, 0.717) is 5.69 Å². The average Bonchev–Trinajstić information content (AvgIpc) is 2.35. The van der Waals surface area contributed by atoms with Crippen LogP contribution in [0.1, 0.15) is 13.8 Å². The molecule has 0 saturated heterocycles. The van der Waals surface area contributed by atoms with E-state index in [-0.39, 0.29) is 11.6 Å². The topological polar surface area (TPSA) is 81.5 Å². The number of anilines is 1. The van der Waals surface area contributed by atoms with E-state index in [1.165, 1.54) is 13.2 Å². The highest BCUT2D eigenvalue weighted by molar-refractivity contribution is 14.1. The summed E-state index contributed by atoms with van der Waals surface area (Å²) in [6.07, 6.45) is 0. The van der Waals surface area contributed by atoms with Crippen LogP contribution in [0.5, 0.6) is 0 Å². The molecule has 19 heavy (non-hydrogen) atoms. The molecular formula is C12H15IN2O4. The van der Waals surface area contributed by atoms with Gasteiger partial charge in [0.15, 0.2) is 0 Å². The summed E-state index contributed by atoms with van der Waals surface area (Å²) in [6, 6.07) is 4.17. The molecule has 1 rings (SSSR count). The van der Waals surface area contributed by atoms with E-state index in [1.54, 1.807) is 12.1 Å². The zero-order valence-corrected chi connectivity index (χ0v) is 13.0. The number of benzene rings is 1. The number of ether oxygens (including phenoxy) is 1. The third-order valence-corrected chi connectivity index (χ3v) is 3.26. The fourth-order valence-corrected chi connectivity index (χ4v) is 2.04. The standard InChI is InChI=1S/C12H15IN2O4/c1-7(2)11(12(16)19-3)14-9-5-4-8(13)6-10(9)15(17)18/h4-7,11,14H,1-3H3. The van der Waals surface area contributed by atoms with Gasteiger partial charge >= 0.3 is 5.97 Å². The summed E-state index contributed by atoms with van der Waals surface area (Å²) in [5.74, 6) is -0.491. The molecule has 0 aromatic heterocycles. The molecule has 1 atom stereocenters. The van der Waals surface area contributed by atoms with Crippen LogP contribution in [-0.2, 0) is 9.53 Å². The highest BCUT2D eigenvalue weighted by Gasteiger charge is 2.25. The summed E-state index contributed by atoms with van der Waals surface area (Å²) in [4.78, 5) is 22.2. The molecule has 6 nitrogen and oxygen atoms in total. The number of esters is 1. The van der Waals surface area contributed by atoms with Gasteiger partial charge in [-0.3, -0.25) is 10.1 Å². The Labute approximate surface area is 124 Å². The lowest BCUT2D eigenvalue weighted by molar-refractivity contribution is -0.384. The van der Waals surface area contributed by atoms with Crippen LogP contribution in [0.15, 0.2) is 18.2 Å². The first-order chi connectivity index (χ1) is 8.86. The molecule has 0 amide bonds. The van der Waals surface area contributed by atoms with Gasteiger partial charge in [0.25, 0.3) is 5.69 Å². The maximum atomic E-state index is 11.6. The fraction of sp³-hybridized carbons (Fsp3) is 0.417. The van der Waals surface area contributed by atoms with Crippen LogP contribution in [-0.4, -0.2) is 24.0 Å². The van der Waals surface area contributed by atoms with Crippen LogP contribution in [0.2, 0.25) is 0 Å². The van der Waals surface area contributed by atoms with Crippen molar-refractivity contribution in [3.8, 4) is 0 Å². The largest absolute Gasteiger partial charge is 0.467 e. The third kappa shape index (κ3) is 4.05. The van der Waals surface area contributed by atoms with Gasteiger partial charge in [0.05, 0.1) is 12.0 Å². The zero-order valence-electron chi connectivity index (χ0n) is 10.8. The third-order valence-electron chi connectivity index (χ3n) is 2.59. The summed E-state index contributed by atoms with van der Waals surface area (Å²) in [6.45, 7) is 3.68.